The van der Waals surface area contributed by atoms with Crippen LogP contribution in [0.15, 0.2) is 6.33 Å². The van der Waals surface area contributed by atoms with E-state index in [1.165, 1.54) is 17.7 Å². The van der Waals surface area contributed by atoms with Crippen molar-refractivity contribution in [3.63, 3.8) is 0 Å². The van der Waals surface area contributed by atoms with Crippen molar-refractivity contribution in [2.45, 2.75) is 53.1 Å². The number of alkyl carbamates (subject to hydrolysis) is 1. The van der Waals surface area contributed by atoms with Crippen LogP contribution >= 0.6 is 11.3 Å². The van der Waals surface area contributed by atoms with E-state index in [-0.39, 0.29) is 24.3 Å². The number of carbonyl (C=O) groups is 3. The Kier molecular flexibility index (Phi) is 8.29. The molecule has 1 aliphatic rings. The maximum atomic E-state index is 12.8. The molecule has 2 amide bonds. The molecule has 3 heterocycles. The predicted octanol–water partition coefficient (Wildman–Crippen LogP) is 3.03. The first-order valence-electron chi connectivity index (χ1n) is 11.5. The number of hydrogen-bond acceptors (Lipinski definition) is 9. The van der Waals surface area contributed by atoms with Crippen LogP contribution in [-0.2, 0) is 14.3 Å². The van der Waals surface area contributed by atoms with E-state index in [0.717, 1.165) is 41.0 Å². The second-order valence-electron chi connectivity index (χ2n) is 9.16. The van der Waals surface area contributed by atoms with E-state index >= 15 is 0 Å². The highest BCUT2D eigenvalue weighted by atomic mass is 32.1. The Morgan fingerprint density at radius 1 is 1.21 bits per heavy atom. The van der Waals surface area contributed by atoms with Gasteiger partial charge in [-0.2, -0.15) is 0 Å². The molecule has 11 heteroatoms. The van der Waals surface area contributed by atoms with Gasteiger partial charge in [0.05, 0.1) is 17.9 Å². The van der Waals surface area contributed by atoms with E-state index in [2.05, 4.69) is 25.5 Å². The minimum absolute atomic E-state index is 0.0600. The van der Waals surface area contributed by atoms with Gasteiger partial charge in [-0.05, 0) is 53.0 Å². The molecule has 0 spiro atoms. The number of aromatic nitrogens is 2. The number of hydrogen-bond donors (Lipinski definition) is 2. The van der Waals surface area contributed by atoms with Crippen molar-refractivity contribution < 1.29 is 23.9 Å². The fraction of sp³-hybridized carbons (Fsp3) is 0.609. The Morgan fingerprint density at radius 2 is 1.94 bits per heavy atom. The normalized spacial score (nSPS) is 16.3. The van der Waals surface area contributed by atoms with Gasteiger partial charge in [-0.25, -0.2) is 19.6 Å². The second-order valence-corrected chi connectivity index (χ2v) is 10.2. The van der Waals surface area contributed by atoms with Crippen LogP contribution in [-0.4, -0.2) is 66.3 Å². The summed E-state index contributed by atoms with van der Waals surface area (Å²) >= 11 is 1.30. The summed E-state index contributed by atoms with van der Waals surface area (Å²) < 4.78 is 10.4. The topological polar surface area (TPSA) is 123 Å². The van der Waals surface area contributed by atoms with Gasteiger partial charge in [-0.3, -0.25) is 4.79 Å². The molecule has 3 rings (SSSR count). The zero-order chi connectivity index (χ0) is 24.9. The molecule has 1 atom stereocenters. The maximum absolute atomic E-state index is 12.8. The van der Waals surface area contributed by atoms with Crippen molar-refractivity contribution in [2.24, 2.45) is 5.92 Å². The number of piperidine rings is 1. The summed E-state index contributed by atoms with van der Waals surface area (Å²) in [6.07, 6.45) is 2.60. The second kappa shape index (κ2) is 11.0. The lowest BCUT2D eigenvalue weighted by atomic mass is 9.96. The number of nitrogens with one attached hydrogen (secondary N) is 2. The summed E-state index contributed by atoms with van der Waals surface area (Å²) in [6, 6.07) is 0. The molecule has 2 N–H and O–H groups in total. The number of esters is 1. The highest BCUT2D eigenvalue weighted by molar-refractivity contribution is 7.20. The van der Waals surface area contributed by atoms with Gasteiger partial charge in [-0.15, -0.1) is 11.3 Å². The average molecular weight is 492 g/mol. The van der Waals surface area contributed by atoms with Crippen LogP contribution in [0.4, 0.5) is 10.6 Å². The lowest BCUT2D eigenvalue weighted by Gasteiger charge is -2.33. The number of aryl methyl sites for hydroxylation is 1. The molecule has 1 saturated heterocycles. The molecule has 2 aromatic rings. The van der Waals surface area contributed by atoms with Crippen LogP contribution in [0.1, 0.15) is 55.8 Å². The first-order chi connectivity index (χ1) is 16.1. The monoisotopic (exact) mass is 491 g/mol. The average Bonchev–Trinajstić information content (AvgIpc) is 3.12. The third kappa shape index (κ3) is 6.34. The number of anilines is 1. The van der Waals surface area contributed by atoms with Gasteiger partial charge in [0.1, 0.15) is 27.5 Å². The molecule has 0 aliphatic carbocycles. The first-order valence-corrected chi connectivity index (χ1v) is 12.3. The molecule has 0 bridgehead atoms. The summed E-state index contributed by atoms with van der Waals surface area (Å²) in [5.41, 5.74) is 0.234. The Bertz CT molecular complexity index is 1050. The smallest absolute Gasteiger partial charge is 0.407 e. The number of carbonyl (C=O) groups excluding carboxylic acids is 3. The molecule has 0 saturated carbocycles. The van der Waals surface area contributed by atoms with Crippen molar-refractivity contribution in [1.82, 2.24) is 20.6 Å². The highest BCUT2D eigenvalue weighted by Gasteiger charge is 2.29. The minimum atomic E-state index is -0.566. The molecule has 186 valence electrons. The third-order valence-corrected chi connectivity index (χ3v) is 6.53. The first kappa shape index (κ1) is 25.7. The molecule has 1 unspecified atom stereocenters. The lowest BCUT2D eigenvalue weighted by molar-refractivity contribution is -0.125. The SMILES string of the molecule is CCOC(=O)c1sc2ncnc(N3CCCC(C(=O)NCCNC(=O)OC(C)(C)C)C3)c2c1C. The summed E-state index contributed by atoms with van der Waals surface area (Å²) in [5.74, 6) is 0.113. The molecular weight excluding hydrogens is 458 g/mol. The molecule has 0 aromatic carbocycles. The van der Waals surface area contributed by atoms with Crippen LogP contribution < -0.4 is 15.5 Å². The van der Waals surface area contributed by atoms with E-state index in [1.54, 1.807) is 27.7 Å². The largest absolute Gasteiger partial charge is 0.462 e. The predicted molar refractivity (Wildman–Crippen MR) is 130 cm³/mol. The van der Waals surface area contributed by atoms with Crippen LogP contribution in [0.5, 0.6) is 0 Å². The quantitative estimate of drug-likeness (QED) is 0.448. The molecule has 1 aliphatic heterocycles. The van der Waals surface area contributed by atoms with Gasteiger partial charge in [0.2, 0.25) is 5.91 Å². The van der Waals surface area contributed by atoms with E-state index in [9.17, 15) is 14.4 Å². The fourth-order valence-corrected chi connectivity index (χ4v) is 4.91. The van der Waals surface area contributed by atoms with Crippen LogP contribution in [0, 0.1) is 12.8 Å². The van der Waals surface area contributed by atoms with Crippen molar-refractivity contribution >= 4 is 45.3 Å². The highest BCUT2D eigenvalue weighted by Crippen LogP contribution is 2.36. The van der Waals surface area contributed by atoms with Gasteiger partial charge in [0.25, 0.3) is 0 Å². The molecule has 2 aromatic heterocycles. The molecule has 34 heavy (non-hydrogen) atoms. The van der Waals surface area contributed by atoms with E-state index in [4.69, 9.17) is 9.47 Å². The number of nitrogens with zero attached hydrogens (tertiary/aromatic N) is 3. The van der Waals surface area contributed by atoms with Gasteiger partial charge in [-0.1, -0.05) is 0 Å². The van der Waals surface area contributed by atoms with E-state index in [1.807, 2.05) is 6.92 Å². The van der Waals surface area contributed by atoms with Gasteiger partial charge < -0.3 is 25.0 Å². The van der Waals surface area contributed by atoms with Crippen molar-refractivity contribution in [3.8, 4) is 0 Å². The summed E-state index contributed by atoms with van der Waals surface area (Å²) in [5, 5.41) is 6.37. The molecular formula is C23H33N5O5S. The van der Waals surface area contributed by atoms with E-state index < -0.39 is 11.7 Å². The molecule has 0 radical (unpaired) electrons. The minimum Gasteiger partial charge on any atom is -0.462 e. The summed E-state index contributed by atoms with van der Waals surface area (Å²) in [6.45, 7) is 11.2. The number of rotatable bonds is 7. The number of thiophene rings is 1. The summed E-state index contributed by atoms with van der Waals surface area (Å²) in [7, 11) is 0. The number of amides is 2. The number of fused-ring (bicyclic) bond motifs is 1. The zero-order valence-corrected chi connectivity index (χ0v) is 21.2. The Hall–Kier alpha value is -2.95. The van der Waals surface area contributed by atoms with Gasteiger partial charge >= 0.3 is 12.1 Å². The van der Waals surface area contributed by atoms with Crippen LogP contribution in [0.2, 0.25) is 0 Å². The van der Waals surface area contributed by atoms with Crippen LogP contribution in [0.3, 0.4) is 0 Å². The van der Waals surface area contributed by atoms with Crippen molar-refractivity contribution in [3.05, 3.63) is 16.8 Å². The van der Waals surface area contributed by atoms with E-state index in [0.29, 0.717) is 24.6 Å². The Morgan fingerprint density at radius 3 is 2.65 bits per heavy atom. The standard InChI is InChI=1S/C23H33N5O5S/c1-6-32-21(30)17-14(2)16-18(26-13-27-20(16)34-17)28-11-7-8-15(12-28)19(29)24-9-10-25-22(31)33-23(3,4)5/h13,15H,6-12H2,1-5H3,(H,24,29)(H,25,31). The Labute approximate surface area is 203 Å². The van der Waals surface area contributed by atoms with Crippen LogP contribution in [0.25, 0.3) is 10.2 Å². The third-order valence-electron chi connectivity index (χ3n) is 5.35. The Balaban J connectivity index is 1.63. The van der Waals surface area contributed by atoms with Gasteiger partial charge in [0.15, 0.2) is 0 Å². The fourth-order valence-electron chi connectivity index (χ4n) is 3.88. The molecule has 10 nitrogen and oxygen atoms in total. The summed E-state index contributed by atoms with van der Waals surface area (Å²) in [4.78, 5) is 49.0. The number of ether oxygens (including phenoxy) is 2. The van der Waals surface area contributed by atoms with Crippen molar-refractivity contribution in [2.75, 3.05) is 37.7 Å². The zero-order valence-electron chi connectivity index (χ0n) is 20.4. The molecule has 1 fully saturated rings. The lowest BCUT2D eigenvalue weighted by Crippen LogP contribution is -2.45. The van der Waals surface area contributed by atoms with Crippen molar-refractivity contribution in [1.29, 1.82) is 0 Å². The maximum Gasteiger partial charge on any atom is 0.407 e. The van der Waals surface area contributed by atoms with Gasteiger partial charge in [0, 0.05) is 26.2 Å².